The van der Waals surface area contributed by atoms with Crippen molar-refractivity contribution in [3.63, 3.8) is 0 Å². The summed E-state index contributed by atoms with van der Waals surface area (Å²) in [4.78, 5) is 6.62. The summed E-state index contributed by atoms with van der Waals surface area (Å²) in [6, 6.07) is 4.08. The third kappa shape index (κ3) is 3.77. The number of hydrogen-bond acceptors (Lipinski definition) is 5. The zero-order valence-electron chi connectivity index (χ0n) is 11.6. The lowest BCUT2D eigenvalue weighted by atomic mass is 10.3. The fourth-order valence-corrected chi connectivity index (χ4v) is 1.68. The topological polar surface area (TPSA) is 60.6 Å². The maximum Gasteiger partial charge on any atom is 0.239 e. The van der Waals surface area contributed by atoms with Gasteiger partial charge in [-0.3, -0.25) is 0 Å². The summed E-state index contributed by atoms with van der Waals surface area (Å²) in [5.41, 5.74) is 6.39. The number of nitrogen functional groups attached to an aromatic ring is 1. The normalized spacial score (nSPS) is 10.7. The van der Waals surface area contributed by atoms with E-state index in [0.717, 1.165) is 12.4 Å². The van der Waals surface area contributed by atoms with Gasteiger partial charge in [-0.05, 0) is 32.9 Å². The van der Waals surface area contributed by atoms with Crippen LogP contribution in [0.15, 0.2) is 12.1 Å². The van der Waals surface area contributed by atoms with Crippen LogP contribution in [-0.2, 0) is 4.74 Å². The van der Waals surface area contributed by atoms with Gasteiger partial charge in [0.25, 0.3) is 0 Å². The van der Waals surface area contributed by atoms with Crippen LogP contribution in [0.3, 0.4) is 0 Å². The average Bonchev–Trinajstić information content (AvgIpc) is 2.33. The van der Waals surface area contributed by atoms with Crippen LogP contribution in [0.4, 0.5) is 11.5 Å². The van der Waals surface area contributed by atoms with Gasteiger partial charge in [0.05, 0.1) is 18.9 Å². The van der Waals surface area contributed by atoms with Gasteiger partial charge < -0.3 is 20.1 Å². The third-order valence-corrected chi connectivity index (χ3v) is 2.61. The molecular weight excluding hydrogens is 230 g/mol. The second kappa shape index (κ2) is 7.06. The largest absolute Gasteiger partial charge is 0.476 e. The number of anilines is 2. The molecule has 5 nitrogen and oxygen atoms in total. The molecule has 0 saturated carbocycles. The lowest BCUT2D eigenvalue weighted by Crippen LogP contribution is -2.34. The van der Waals surface area contributed by atoms with Crippen LogP contribution >= 0.6 is 0 Å². The second-order valence-electron chi connectivity index (χ2n) is 4.28. The Morgan fingerprint density at radius 3 is 2.67 bits per heavy atom. The maximum atomic E-state index is 5.82. The molecule has 18 heavy (non-hydrogen) atoms. The van der Waals surface area contributed by atoms with Gasteiger partial charge in [0.1, 0.15) is 5.82 Å². The van der Waals surface area contributed by atoms with E-state index < -0.39 is 0 Å². The van der Waals surface area contributed by atoms with Gasteiger partial charge in [-0.25, -0.2) is 0 Å². The molecule has 0 fully saturated rings. The standard InChI is InChI=1S/C13H23N3O2/c1-5-18-13-11(14)6-7-12(15-13)16(10(2)3)8-9-17-4/h6-7,10H,5,8-9,14H2,1-4H3. The highest BCUT2D eigenvalue weighted by Crippen LogP contribution is 2.24. The number of rotatable bonds is 7. The molecule has 2 N–H and O–H groups in total. The Labute approximate surface area is 109 Å². The predicted molar refractivity (Wildman–Crippen MR) is 74.2 cm³/mol. The van der Waals surface area contributed by atoms with Gasteiger partial charge in [-0.1, -0.05) is 0 Å². The quantitative estimate of drug-likeness (QED) is 0.804. The summed E-state index contributed by atoms with van der Waals surface area (Å²) in [6.45, 7) is 8.16. The first kappa shape index (κ1) is 14.6. The number of pyridine rings is 1. The number of ether oxygens (including phenoxy) is 2. The summed E-state index contributed by atoms with van der Waals surface area (Å²) in [6.07, 6.45) is 0. The van der Waals surface area contributed by atoms with Crippen molar-refractivity contribution in [1.82, 2.24) is 4.98 Å². The van der Waals surface area contributed by atoms with Crippen molar-refractivity contribution in [3.05, 3.63) is 12.1 Å². The smallest absolute Gasteiger partial charge is 0.239 e. The van der Waals surface area contributed by atoms with Crippen LogP contribution in [0.25, 0.3) is 0 Å². The molecule has 0 bridgehead atoms. The summed E-state index contributed by atoms with van der Waals surface area (Å²) in [5.74, 6) is 1.36. The monoisotopic (exact) mass is 253 g/mol. The summed E-state index contributed by atoms with van der Waals surface area (Å²) >= 11 is 0. The fraction of sp³-hybridized carbons (Fsp3) is 0.615. The molecule has 0 unspecified atom stereocenters. The predicted octanol–water partition coefficient (Wildman–Crippen LogP) is 1.92. The Balaban J connectivity index is 2.93. The van der Waals surface area contributed by atoms with E-state index in [4.69, 9.17) is 15.2 Å². The van der Waals surface area contributed by atoms with Gasteiger partial charge in [0, 0.05) is 19.7 Å². The average molecular weight is 253 g/mol. The molecule has 0 spiro atoms. The molecule has 0 amide bonds. The van der Waals surface area contributed by atoms with Crippen LogP contribution in [0.5, 0.6) is 5.88 Å². The van der Waals surface area contributed by atoms with E-state index in [1.54, 1.807) is 7.11 Å². The van der Waals surface area contributed by atoms with Crippen molar-refractivity contribution in [2.45, 2.75) is 26.8 Å². The van der Waals surface area contributed by atoms with E-state index in [0.29, 0.717) is 30.8 Å². The zero-order chi connectivity index (χ0) is 13.5. The van der Waals surface area contributed by atoms with Crippen LogP contribution in [0.1, 0.15) is 20.8 Å². The molecule has 0 saturated heterocycles. The van der Waals surface area contributed by atoms with E-state index >= 15 is 0 Å². The van der Waals surface area contributed by atoms with Crippen molar-refractivity contribution in [1.29, 1.82) is 0 Å². The number of methoxy groups -OCH3 is 1. The Morgan fingerprint density at radius 1 is 1.39 bits per heavy atom. The second-order valence-corrected chi connectivity index (χ2v) is 4.28. The van der Waals surface area contributed by atoms with E-state index in [-0.39, 0.29) is 0 Å². The summed E-state index contributed by atoms with van der Waals surface area (Å²) in [7, 11) is 1.69. The van der Waals surface area contributed by atoms with Crippen molar-refractivity contribution in [2.24, 2.45) is 0 Å². The van der Waals surface area contributed by atoms with Crippen molar-refractivity contribution in [3.8, 4) is 5.88 Å². The molecule has 0 aliphatic rings. The first-order valence-electron chi connectivity index (χ1n) is 6.25. The molecule has 102 valence electrons. The van der Waals surface area contributed by atoms with Crippen LogP contribution in [0.2, 0.25) is 0 Å². The van der Waals surface area contributed by atoms with Crippen molar-refractivity contribution in [2.75, 3.05) is 37.5 Å². The lowest BCUT2D eigenvalue weighted by Gasteiger charge is -2.28. The lowest BCUT2D eigenvalue weighted by molar-refractivity contribution is 0.203. The molecule has 1 aromatic rings. The number of nitrogens with two attached hydrogens (primary N) is 1. The van der Waals surface area contributed by atoms with E-state index in [9.17, 15) is 0 Å². The Bertz CT molecular complexity index is 369. The Hall–Kier alpha value is -1.49. The molecule has 0 aliphatic heterocycles. The minimum atomic E-state index is 0.339. The van der Waals surface area contributed by atoms with E-state index in [1.165, 1.54) is 0 Å². The zero-order valence-corrected chi connectivity index (χ0v) is 11.6. The van der Waals surface area contributed by atoms with E-state index in [2.05, 4.69) is 23.7 Å². The van der Waals surface area contributed by atoms with Crippen LogP contribution in [-0.4, -0.2) is 37.9 Å². The highest BCUT2D eigenvalue weighted by atomic mass is 16.5. The molecule has 0 atom stereocenters. The molecule has 0 aromatic carbocycles. The fourth-order valence-electron chi connectivity index (χ4n) is 1.68. The SMILES string of the molecule is CCOc1nc(N(CCOC)C(C)C)ccc1N. The van der Waals surface area contributed by atoms with Crippen molar-refractivity contribution >= 4 is 11.5 Å². The van der Waals surface area contributed by atoms with Gasteiger partial charge >= 0.3 is 0 Å². The minimum absolute atomic E-state index is 0.339. The number of aromatic nitrogens is 1. The molecule has 0 aliphatic carbocycles. The van der Waals surface area contributed by atoms with Crippen molar-refractivity contribution < 1.29 is 9.47 Å². The number of hydrogen-bond donors (Lipinski definition) is 1. The summed E-state index contributed by atoms with van der Waals surface area (Å²) in [5, 5.41) is 0. The number of nitrogens with zero attached hydrogens (tertiary/aromatic N) is 2. The van der Waals surface area contributed by atoms with Gasteiger partial charge in [-0.2, -0.15) is 4.98 Å². The first-order valence-corrected chi connectivity index (χ1v) is 6.25. The first-order chi connectivity index (χ1) is 8.60. The van der Waals surface area contributed by atoms with E-state index in [1.807, 2.05) is 19.1 Å². The van der Waals surface area contributed by atoms with Gasteiger partial charge in [0.15, 0.2) is 0 Å². The summed E-state index contributed by atoms with van der Waals surface area (Å²) < 4.78 is 10.5. The highest BCUT2D eigenvalue weighted by molar-refractivity contribution is 5.54. The van der Waals surface area contributed by atoms with Gasteiger partial charge in [0.2, 0.25) is 5.88 Å². The van der Waals surface area contributed by atoms with Gasteiger partial charge in [-0.15, -0.1) is 0 Å². The van der Waals surface area contributed by atoms with Crippen LogP contribution in [0, 0.1) is 0 Å². The molecular formula is C13H23N3O2. The van der Waals surface area contributed by atoms with Crippen LogP contribution < -0.4 is 15.4 Å². The minimum Gasteiger partial charge on any atom is -0.476 e. The Kier molecular flexibility index (Phi) is 5.71. The molecule has 0 radical (unpaired) electrons. The Morgan fingerprint density at radius 2 is 2.11 bits per heavy atom. The molecule has 1 heterocycles. The molecule has 1 aromatic heterocycles. The molecule has 1 rings (SSSR count). The maximum absolute atomic E-state index is 5.82. The third-order valence-electron chi connectivity index (χ3n) is 2.61. The highest BCUT2D eigenvalue weighted by Gasteiger charge is 2.13. The molecule has 5 heteroatoms.